The van der Waals surface area contributed by atoms with E-state index in [4.69, 9.17) is 4.74 Å². The van der Waals surface area contributed by atoms with Crippen molar-refractivity contribution in [3.8, 4) is 5.69 Å². The Bertz CT molecular complexity index is 808. The third-order valence-electron chi connectivity index (χ3n) is 4.07. The maximum absolute atomic E-state index is 12.9. The lowest BCUT2D eigenvalue weighted by atomic mass is 10.0. The van der Waals surface area contributed by atoms with E-state index < -0.39 is 17.7 Å². The fraction of sp³-hybridized carbons (Fsp3) is 0.421. The van der Waals surface area contributed by atoms with E-state index in [2.05, 4.69) is 10.4 Å². The van der Waals surface area contributed by atoms with Crippen LogP contribution in [0.4, 0.5) is 10.6 Å². The Morgan fingerprint density at radius 3 is 2.62 bits per heavy atom. The van der Waals surface area contributed by atoms with Crippen molar-refractivity contribution in [2.45, 2.75) is 45.8 Å². The zero-order chi connectivity index (χ0) is 18.9. The van der Waals surface area contributed by atoms with Gasteiger partial charge < -0.3 is 10.1 Å². The number of benzene rings is 1. The predicted octanol–water partition coefficient (Wildman–Crippen LogP) is 2.67. The van der Waals surface area contributed by atoms with E-state index in [1.807, 2.05) is 37.3 Å². The van der Waals surface area contributed by atoms with Gasteiger partial charge in [-0.05, 0) is 39.8 Å². The summed E-state index contributed by atoms with van der Waals surface area (Å²) in [6.45, 7) is 7.75. The summed E-state index contributed by atoms with van der Waals surface area (Å²) in [6, 6.07) is 9.01. The third kappa shape index (κ3) is 3.56. The van der Waals surface area contributed by atoms with Crippen LogP contribution in [0.3, 0.4) is 0 Å². The van der Waals surface area contributed by atoms with Crippen LogP contribution in [0.15, 0.2) is 36.5 Å². The predicted molar refractivity (Wildman–Crippen MR) is 98.5 cm³/mol. The van der Waals surface area contributed by atoms with Gasteiger partial charge in [0.2, 0.25) is 0 Å². The lowest BCUT2D eigenvalue weighted by molar-refractivity contribution is -0.121. The number of hydrogen-bond donors (Lipinski definition) is 1. The number of carbonyl (C=O) groups excluding carboxylic acids is 2. The minimum atomic E-state index is -0.661. The van der Waals surface area contributed by atoms with Crippen LogP contribution in [0.1, 0.15) is 33.3 Å². The van der Waals surface area contributed by atoms with Crippen molar-refractivity contribution in [3.05, 3.63) is 42.1 Å². The van der Waals surface area contributed by atoms with Crippen LogP contribution in [-0.2, 0) is 16.0 Å². The van der Waals surface area contributed by atoms with Crippen molar-refractivity contribution >= 4 is 17.8 Å². The Labute approximate surface area is 152 Å². The standard InChI is InChI=1S/C19H24N4O3/c1-5-22-16-13(12-20-23(16)14-9-7-6-8-10-14)11-15(17(22)24)21-18(25)26-19(2,3)4/h6-10,12,15H,5,11H2,1-4H3,(H,21,25). The number of amides is 2. The molecule has 26 heavy (non-hydrogen) atoms. The zero-order valence-corrected chi connectivity index (χ0v) is 15.5. The minimum Gasteiger partial charge on any atom is -0.444 e. The summed E-state index contributed by atoms with van der Waals surface area (Å²) >= 11 is 0. The molecule has 0 spiro atoms. The fourth-order valence-corrected chi connectivity index (χ4v) is 3.03. The number of ether oxygens (including phenoxy) is 1. The van der Waals surface area contributed by atoms with Crippen LogP contribution >= 0.6 is 0 Å². The van der Waals surface area contributed by atoms with E-state index in [1.165, 1.54) is 0 Å². The largest absolute Gasteiger partial charge is 0.444 e. The molecule has 0 radical (unpaired) electrons. The second kappa shape index (κ2) is 6.82. The Morgan fingerprint density at radius 2 is 2.00 bits per heavy atom. The highest BCUT2D eigenvalue weighted by Gasteiger charge is 2.36. The van der Waals surface area contributed by atoms with Gasteiger partial charge >= 0.3 is 6.09 Å². The molecule has 7 heteroatoms. The molecule has 0 saturated carbocycles. The van der Waals surface area contributed by atoms with E-state index in [-0.39, 0.29) is 5.91 Å². The van der Waals surface area contributed by atoms with Crippen LogP contribution in [-0.4, -0.2) is 40.0 Å². The number of anilines is 1. The number of likely N-dealkylation sites (N-methyl/N-ethyl adjacent to an activating group) is 1. The Balaban J connectivity index is 1.88. The third-order valence-corrected chi connectivity index (χ3v) is 4.07. The molecule has 1 aromatic carbocycles. The highest BCUT2D eigenvalue weighted by Crippen LogP contribution is 2.30. The maximum atomic E-state index is 12.9. The first kappa shape index (κ1) is 18.0. The lowest BCUT2D eigenvalue weighted by Crippen LogP contribution is -2.53. The number of rotatable bonds is 3. The molecule has 2 amide bonds. The highest BCUT2D eigenvalue weighted by atomic mass is 16.6. The number of para-hydroxylation sites is 1. The van der Waals surface area contributed by atoms with Gasteiger partial charge in [0.25, 0.3) is 5.91 Å². The Morgan fingerprint density at radius 1 is 1.31 bits per heavy atom. The summed E-state index contributed by atoms with van der Waals surface area (Å²) < 4.78 is 7.04. The van der Waals surface area contributed by atoms with E-state index >= 15 is 0 Å². The number of carbonyl (C=O) groups is 2. The molecule has 138 valence electrons. The summed E-state index contributed by atoms with van der Waals surface area (Å²) in [5, 5.41) is 7.14. The molecule has 3 rings (SSSR count). The van der Waals surface area contributed by atoms with Crippen molar-refractivity contribution < 1.29 is 14.3 Å². The molecular weight excluding hydrogens is 332 g/mol. The molecule has 0 fully saturated rings. The van der Waals surface area contributed by atoms with Crippen LogP contribution in [0.2, 0.25) is 0 Å². The van der Waals surface area contributed by atoms with E-state index in [0.29, 0.717) is 13.0 Å². The second-order valence-electron chi connectivity index (χ2n) is 7.23. The molecule has 1 atom stereocenters. The van der Waals surface area contributed by atoms with Gasteiger partial charge in [0.15, 0.2) is 0 Å². The number of nitrogens with one attached hydrogen (secondary N) is 1. The first-order valence-electron chi connectivity index (χ1n) is 8.73. The lowest BCUT2D eigenvalue weighted by Gasteiger charge is -2.33. The van der Waals surface area contributed by atoms with Crippen LogP contribution in [0.25, 0.3) is 5.69 Å². The normalized spacial score (nSPS) is 17.0. The fourth-order valence-electron chi connectivity index (χ4n) is 3.03. The molecule has 0 saturated heterocycles. The van der Waals surface area contributed by atoms with Crippen LogP contribution < -0.4 is 10.2 Å². The minimum absolute atomic E-state index is 0.163. The van der Waals surface area contributed by atoms with Crippen molar-refractivity contribution in [2.24, 2.45) is 0 Å². The van der Waals surface area contributed by atoms with Gasteiger partial charge in [-0.15, -0.1) is 0 Å². The number of nitrogens with zero attached hydrogens (tertiary/aromatic N) is 3. The molecule has 1 unspecified atom stereocenters. The average Bonchev–Trinajstić information content (AvgIpc) is 2.98. The molecule has 2 aromatic rings. The smallest absolute Gasteiger partial charge is 0.408 e. The summed E-state index contributed by atoms with van der Waals surface area (Å²) in [5.74, 6) is 0.592. The van der Waals surface area contributed by atoms with Crippen molar-refractivity contribution in [1.82, 2.24) is 15.1 Å². The Kier molecular flexibility index (Phi) is 4.71. The number of aromatic nitrogens is 2. The quantitative estimate of drug-likeness (QED) is 0.917. The highest BCUT2D eigenvalue weighted by molar-refractivity contribution is 6.01. The van der Waals surface area contributed by atoms with Gasteiger partial charge in [-0.25, -0.2) is 9.48 Å². The zero-order valence-electron chi connectivity index (χ0n) is 15.5. The van der Waals surface area contributed by atoms with Gasteiger partial charge in [0.05, 0.1) is 11.9 Å². The molecular formula is C19H24N4O3. The van der Waals surface area contributed by atoms with Crippen molar-refractivity contribution in [1.29, 1.82) is 0 Å². The van der Waals surface area contributed by atoms with Crippen LogP contribution in [0, 0.1) is 0 Å². The topological polar surface area (TPSA) is 76.5 Å². The SMILES string of the molecule is CCN1C(=O)C(NC(=O)OC(C)(C)C)Cc2cnn(-c3ccccc3)c21. The monoisotopic (exact) mass is 356 g/mol. The summed E-state index contributed by atoms with van der Waals surface area (Å²) in [4.78, 5) is 26.7. The van der Waals surface area contributed by atoms with Crippen LogP contribution in [0.5, 0.6) is 0 Å². The number of alkyl carbamates (subject to hydrolysis) is 1. The maximum Gasteiger partial charge on any atom is 0.408 e. The van der Waals surface area contributed by atoms with Gasteiger partial charge in [-0.1, -0.05) is 18.2 Å². The molecule has 1 N–H and O–H groups in total. The first-order valence-corrected chi connectivity index (χ1v) is 8.73. The Hall–Kier alpha value is -2.83. The first-order chi connectivity index (χ1) is 12.3. The molecule has 2 heterocycles. The van der Waals surface area contributed by atoms with Crippen molar-refractivity contribution in [2.75, 3.05) is 11.4 Å². The second-order valence-corrected chi connectivity index (χ2v) is 7.23. The molecule has 1 aliphatic heterocycles. The van der Waals surface area contributed by atoms with E-state index in [9.17, 15) is 9.59 Å². The molecule has 1 aliphatic rings. The van der Waals surface area contributed by atoms with Gasteiger partial charge in [0.1, 0.15) is 17.5 Å². The molecule has 7 nitrogen and oxygen atoms in total. The van der Waals surface area contributed by atoms with Gasteiger partial charge in [0, 0.05) is 18.5 Å². The van der Waals surface area contributed by atoms with Crippen molar-refractivity contribution in [3.63, 3.8) is 0 Å². The number of hydrogen-bond acceptors (Lipinski definition) is 4. The molecule has 0 bridgehead atoms. The van der Waals surface area contributed by atoms with Gasteiger partial charge in [-0.3, -0.25) is 9.69 Å². The number of fused-ring (bicyclic) bond motifs is 1. The van der Waals surface area contributed by atoms with Gasteiger partial charge in [-0.2, -0.15) is 5.10 Å². The summed E-state index contributed by atoms with van der Waals surface area (Å²) in [6.07, 6.45) is 1.55. The molecule has 0 aliphatic carbocycles. The molecule has 1 aromatic heterocycles. The summed E-state index contributed by atoms with van der Waals surface area (Å²) in [5.41, 5.74) is 1.19. The van der Waals surface area contributed by atoms with E-state index in [0.717, 1.165) is 17.1 Å². The average molecular weight is 356 g/mol. The summed E-state index contributed by atoms with van der Waals surface area (Å²) in [7, 11) is 0. The van der Waals surface area contributed by atoms with E-state index in [1.54, 1.807) is 36.5 Å².